The zero-order valence-corrected chi connectivity index (χ0v) is 19.5. The van der Waals surface area contributed by atoms with E-state index < -0.39 is 0 Å². The number of hydrogen-bond donors (Lipinski definition) is 2. The monoisotopic (exact) mass is 472 g/mol. The van der Waals surface area contributed by atoms with Crippen molar-refractivity contribution in [2.24, 2.45) is 0 Å². The Balaban J connectivity index is 1.33. The molecule has 0 spiro atoms. The van der Waals surface area contributed by atoms with Gasteiger partial charge in [-0.25, -0.2) is 9.97 Å². The maximum atomic E-state index is 12.8. The van der Waals surface area contributed by atoms with Crippen molar-refractivity contribution in [3.05, 3.63) is 90.3 Å². The summed E-state index contributed by atoms with van der Waals surface area (Å²) in [6.07, 6.45) is 2.18. The fraction of sp³-hybridized carbons (Fsp3) is 0.154. The average molecular weight is 473 g/mol. The summed E-state index contributed by atoms with van der Waals surface area (Å²) in [5.41, 5.74) is 2.82. The third-order valence-corrected chi connectivity index (χ3v) is 6.16. The van der Waals surface area contributed by atoms with E-state index in [0.717, 1.165) is 27.2 Å². The topological polar surface area (TPSA) is 93.2 Å². The minimum Gasteiger partial charge on any atom is -0.497 e. The number of rotatable bonds is 9. The summed E-state index contributed by atoms with van der Waals surface area (Å²) in [5.74, 6) is 0.502. The molecule has 0 aliphatic heterocycles. The molecule has 2 N–H and O–H groups in total. The van der Waals surface area contributed by atoms with E-state index >= 15 is 0 Å². The largest absolute Gasteiger partial charge is 0.497 e. The van der Waals surface area contributed by atoms with Gasteiger partial charge in [-0.05, 0) is 42.3 Å². The van der Waals surface area contributed by atoms with E-state index in [1.165, 1.54) is 18.1 Å². The van der Waals surface area contributed by atoms with Gasteiger partial charge in [-0.2, -0.15) is 0 Å². The smallest absolute Gasteiger partial charge is 0.253 e. The van der Waals surface area contributed by atoms with Crippen molar-refractivity contribution in [1.82, 2.24) is 15.3 Å². The molecule has 0 aliphatic carbocycles. The Labute approximate surface area is 202 Å². The van der Waals surface area contributed by atoms with Gasteiger partial charge in [0, 0.05) is 11.9 Å². The second-order valence-corrected chi connectivity index (χ2v) is 8.40. The molecule has 0 bridgehead atoms. The van der Waals surface area contributed by atoms with Crippen LogP contribution < -0.4 is 15.4 Å². The van der Waals surface area contributed by atoms with E-state index in [-0.39, 0.29) is 17.6 Å². The van der Waals surface area contributed by atoms with E-state index in [0.29, 0.717) is 24.2 Å². The summed E-state index contributed by atoms with van der Waals surface area (Å²) in [7, 11) is 1.63. The van der Waals surface area contributed by atoms with Crippen molar-refractivity contribution < 1.29 is 14.3 Å². The molecule has 34 heavy (non-hydrogen) atoms. The van der Waals surface area contributed by atoms with Gasteiger partial charge in [0.15, 0.2) is 0 Å². The Kier molecular flexibility index (Phi) is 7.72. The maximum Gasteiger partial charge on any atom is 0.253 e. The highest BCUT2D eigenvalue weighted by Gasteiger charge is 2.14. The molecule has 4 rings (SSSR count). The van der Waals surface area contributed by atoms with Gasteiger partial charge in [0.05, 0.1) is 29.6 Å². The number of carbonyl (C=O) groups is 2. The van der Waals surface area contributed by atoms with Crippen molar-refractivity contribution >= 4 is 40.2 Å². The molecule has 0 unspecified atom stereocenters. The molecular formula is C26H24N4O3S. The zero-order valence-electron chi connectivity index (χ0n) is 18.7. The van der Waals surface area contributed by atoms with Crippen LogP contribution >= 0.6 is 11.8 Å². The quantitative estimate of drug-likeness (QED) is 0.278. The first kappa shape index (κ1) is 23.3. The highest BCUT2D eigenvalue weighted by atomic mass is 32.2. The number of nitrogens with one attached hydrogen (secondary N) is 2. The molecule has 0 saturated heterocycles. The molecule has 1 heterocycles. The Morgan fingerprint density at radius 2 is 1.71 bits per heavy atom. The van der Waals surface area contributed by atoms with E-state index in [1.54, 1.807) is 31.4 Å². The number of methoxy groups -OCH3 is 1. The number of anilines is 1. The van der Waals surface area contributed by atoms with Crippen LogP contribution in [-0.2, 0) is 11.2 Å². The van der Waals surface area contributed by atoms with Gasteiger partial charge in [0.2, 0.25) is 5.91 Å². The van der Waals surface area contributed by atoms with E-state index in [2.05, 4.69) is 20.6 Å². The fourth-order valence-electron chi connectivity index (χ4n) is 3.41. The van der Waals surface area contributed by atoms with Gasteiger partial charge in [-0.3, -0.25) is 9.59 Å². The van der Waals surface area contributed by atoms with Gasteiger partial charge in [0.1, 0.15) is 17.1 Å². The summed E-state index contributed by atoms with van der Waals surface area (Å²) in [5, 5.41) is 7.42. The Bertz CT molecular complexity index is 1290. The van der Waals surface area contributed by atoms with Crippen LogP contribution in [0.15, 0.2) is 84.1 Å². The molecule has 2 amide bonds. The number of carbonyl (C=O) groups excluding carboxylic acids is 2. The number of amides is 2. The third-order valence-electron chi connectivity index (χ3n) is 5.15. The lowest BCUT2D eigenvalue weighted by Gasteiger charge is -2.12. The van der Waals surface area contributed by atoms with Gasteiger partial charge in [-0.15, -0.1) is 0 Å². The number of ether oxygens (including phenoxy) is 1. The van der Waals surface area contributed by atoms with Crippen molar-refractivity contribution in [3.63, 3.8) is 0 Å². The highest BCUT2D eigenvalue weighted by Crippen LogP contribution is 2.24. The summed E-state index contributed by atoms with van der Waals surface area (Å²) in [6.45, 7) is 0.476. The first-order valence-corrected chi connectivity index (χ1v) is 11.7. The molecular weight excluding hydrogens is 448 g/mol. The van der Waals surface area contributed by atoms with Gasteiger partial charge < -0.3 is 15.4 Å². The second-order valence-electron chi connectivity index (χ2n) is 7.43. The maximum absolute atomic E-state index is 12.8. The SMILES string of the molecule is COc1ccc(CCNC(=O)c2ccccc2NC(=O)CSc2ncnc3ccccc23)cc1. The summed E-state index contributed by atoms with van der Waals surface area (Å²) in [4.78, 5) is 33.9. The highest BCUT2D eigenvalue weighted by molar-refractivity contribution is 8.00. The van der Waals surface area contributed by atoms with Crippen molar-refractivity contribution in [1.29, 1.82) is 0 Å². The molecule has 172 valence electrons. The number of nitrogens with zero attached hydrogens (tertiary/aromatic N) is 2. The molecule has 7 nitrogen and oxygen atoms in total. The lowest BCUT2D eigenvalue weighted by atomic mass is 10.1. The Morgan fingerprint density at radius 1 is 0.941 bits per heavy atom. The van der Waals surface area contributed by atoms with E-state index in [4.69, 9.17) is 4.74 Å². The van der Waals surface area contributed by atoms with Gasteiger partial charge >= 0.3 is 0 Å². The summed E-state index contributed by atoms with van der Waals surface area (Å²) < 4.78 is 5.16. The lowest BCUT2D eigenvalue weighted by Crippen LogP contribution is -2.27. The van der Waals surface area contributed by atoms with E-state index in [9.17, 15) is 9.59 Å². The van der Waals surface area contributed by atoms with Crippen LogP contribution in [0, 0.1) is 0 Å². The second kappa shape index (κ2) is 11.3. The average Bonchev–Trinajstić information content (AvgIpc) is 2.88. The Hall–Kier alpha value is -3.91. The first-order chi connectivity index (χ1) is 16.6. The first-order valence-electron chi connectivity index (χ1n) is 10.8. The van der Waals surface area contributed by atoms with Crippen molar-refractivity contribution in [3.8, 4) is 5.75 Å². The molecule has 8 heteroatoms. The number of fused-ring (bicyclic) bond motifs is 1. The summed E-state index contributed by atoms with van der Waals surface area (Å²) >= 11 is 1.33. The molecule has 0 saturated carbocycles. The standard InChI is InChI=1S/C26H24N4O3S/c1-33-19-12-10-18(11-13-19)14-15-27-25(32)20-6-2-5-9-23(20)30-24(31)16-34-26-21-7-3-4-8-22(21)28-17-29-26/h2-13,17H,14-16H2,1H3,(H,27,32)(H,30,31). The van der Waals surface area contributed by atoms with Crippen molar-refractivity contribution in [2.75, 3.05) is 24.7 Å². The number of thioether (sulfide) groups is 1. The van der Waals surface area contributed by atoms with Gasteiger partial charge in [-0.1, -0.05) is 54.2 Å². The summed E-state index contributed by atoms with van der Waals surface area (Å²) in [6, 6.07) is 22.4. The predicted octanol–water partition coefficient (Wildman–Crippen LogP) is 4.34. The lowest BCUT2D eigenvalue weighted by molar-refractivity contribution is -0.113. The fourth-order valence-corrected chi connectivity index (χ4v) is 4.20. The molecule has 1 aromatic heterocycles. The van der Waals surface area contributed by atoms with E-state index in [1.807, 2.05) is 48.5 Å². The molecule has 0 radical (unpaired) electrons. The van der Waals surface area contributed by atoms with Gasteiger partial charge in [0.25, 0.3) is 5.91 Å². The molecule has 4 aromatic rings. The zero-order chi connectivity index (χ0) is 23.8. The van der Waals surface area contributed by atoms with Crippen LogP contribution in [0.3, 0.4) is 0 Å². The molecule has 0 atom stereocenters. The molecule has 0 aliphatic rings. The molecule has 3 aromatic carbocycles. The molecule has 0 fully saturated rings. The number of aromatic nitrogens is 2. The minimum atomic E-state index is -0.237. The van der Waals surface area contributed by atoms with Crippen LogP contribution in [0.1, 0.15) is 15.9 Å². The van der Waals surface area contributed by atoms with Crippen LogP contribution in [0.5, 0.6) is 5.75 Å². The normalized spacial score (nSPS) is 10.6. The minimum absolute atomic E-state index is 0.161. The number of benzene rings is 3. The number of para-hydroxylation sites is 2. The Morgan fingerprint density at radius 3 is 2.53 bits per heavy atom. The van der Waals surface area contributed by atoms with Crippen LogP contribution in [0.25, 0.3) is 10.9 Å². The van der Waals surface area contributed by atoms with Crippen LogP contribution in [-0.4, -0.2) is 41.2 Å². The predicted molar refractivity (Wildman–Crippen MR) is 134 cm³/mol. The third kappa shape index (κ3) is 5.90. The van der Waals surface area contributed by atoms with Crippen molar-refractivity contribution in [2.45, 2.75) is 11.4 Å². The number of hydrogen-bond acceptors (Lipinski definition) is 6. The van der Waals surface area contributed by atoms with Crippen LogP contribution in [0.4, 0.5) is 5.69 Å². The van der Waals surface area contributed by atoms with Crippen LogP contribution in [0.2, 0.25) is 0 Å².